The van der Waals surface area contributed by atoms with E-state index in [-0.39, 0.29) is 0 Å². The molecule has 0 aromatic heterocycles. The van der Waals surface area contributed by atoms with Crippen LogP contribution in [0.4, 0.5) is 4.39 Å². The van der Waals surface area contributed by atoms with Crippen LogP contribution in [0.1, 0.15) is 11.9 Å². The summed E-state index contributed by atoms with van der Waals surface area (Å²) in [6, 6.07) is 8.89. The van der Waals surface area contributed by atoms with Gasteiger partial charge in [0.1, 0.15) is 0 Å². The van der Waals surface area contributed by atoms with Crippen molar-refractivity contribution in [3.63, 3.8) is 0 Å². The summed E-state index contributed by atoms with van der Waals surface area (Å²) >= 11 is 0. The highest BCUT2D eigenvalue weighted by Crippen LogP contribution is 2.12. The van der Waals surface area contributed by atoms with Gasteiger partial charge in [-0.2, -0.15) is 0 Å². The minimum atomic E-state index is -1.17. The molecule has 0 N–H and O–H groups in total. The first-order valence-corrected chi connectivity index (χ1v) is 3.12. The fraction of sp³-hybridized carbons (Fsp3) is 0.250. The van der Waals surface area contributed by atoms with Gasteiger partial charge in [-0.25, -0.2) is 9.71 Å². The minimum absolute atomic E-state index is 0.616. The van der Waals surface area contributed by atoms with E-state index < -0.39 is 6.30 Å². The molecule has 53 valence electrons. The molecule has 1 aromatic rings. The molecule has 0 saturated carbocycles. The van der Waals surface area contributed by atoms with Crippen molar-refractivity contribution in [2.24, 2.45) is 0 Å². The molecule has 0 spiro atoms. The lowest BCUT2D eigenvalue weighted by Gasteiger charge is -2.02. The third-order valence-electron chi connectivity index (χ3n) is 1.30. The zero-order valence-corrected chi connectivity index (χ0v) is 5.79. The smallest absolute Gasteiger partial charge is 0.191 e. The molecule has 1 atom stereocenters. The van der Waals surface area contributed by atoms with Crippen molar-refractivity contribution in [3.8, 4) is 0 Å². The summed E-state index contributed by atoms with van der Waals surface area (Å²) in [5.74, 6) is 0. The number of benzene rings is 1. The van der Waals surface area contributed by atoms with Crippen LogP contribution in [0, 0.1) is 0 Å². The Morgan fingerprint density at radius 1 is 1.30 bits per heavy atom. The van der Waals surface area contributed by atoms with Crippen LogP contribution in [0.15, 0.2) is 30.3 Å². The van der Waals surface area contributed by atoms with E-state index in [9.17, 15) is 4.39 Å². The first kappa shape index (κ1) is 7.22. The number of rotatable bonds is 2. The van der Waals surface area contributed by atoms with Crippen LogP contribution >= 0.6 is 0 Å². The van der Waals surface area contributed by atoms with E-state index in [1.54, 1.807) is 24.3 Å². The standard InChI is InChI=1S/C8H9FN/c1-10-8(9)7-5-3-2-4-6-7/h2-6,8H,1H3. The zero-order chi connectivity index (χ0) is 7.40. The van der Waals surface area contributed by atoms with Crippen molar-refractivity contribution < 1.29 is 4.39 Å². The topological polar surface area (TPSA) is 14.1 Å². The third-order valence-corrected chi connectivity index (χ3v) is 1.30. The molecule has 2 heteroatoms. The Bertz CT molecular complexity index is 186. The average Bonchev–Trinajstić information content (AvgIpc) is 2.05. The lowest BCUT2D eigenvalue weighted by molar-refractivity contribution is 0.294. The van der Waals surface area contributed by atoms with Gasteiger partial charge in [0, 0.05) is 12.6 Å². The highest BCUT2D eigenvalue weighted by Gasteiger charge is 2.04. The predicted octanol–water partition coefficient (Wildman–Crippen LogP) is 1.89. The molecule has 0 amide bonds. The van der Waals surface area contributed by atoms with Crippen molar-refractivity contribution >= 4 is 0 Å². The van der Waals surface area contributed by atoms with Crippen LogP contribution in [0.5, 0.6) is 0 Å². The first-order chi connectivity index (χ1) is 4.84. The van der Waals surface area contributed by atoms with Gasteiger partial charge in [0.25, 0.3) is 0 Å². The minimum Gasteiger partial charge on any atom is -0.223 e. The molecule has 1 unspecified atom stereocenters. The molecule has 0 aliphatic heterocycles. The van der Waals surface area contributed by atoms with Crippen molar-refractivity contribution in [1.82, 2.24) is 5.32 Å². The first-order valence-electron chi connectivity index (χ1n) is 3.12. The van der Waals surface area contributed by atoms with Gasteiger partial charge in [0.2, 0.25) is 0 Å². The highest BCUT2D eigenvalue weighted by atomic mass is 19.1. The van der Waals surface area contributed by atoms with E-state index in [4.69, 9.17) is 0 Å². The summed E-state index contributed by atoms with van der Waals surface area (Å²) in [7, 11) is 1.47. The number of alkyl halides is 1. The maximum atomic E-state index is 12.7. The number of halogens is 1. The van der Waals surface area contributed by atoms with E-state index in [0.29, 0.717) is 5.56 Å². The molecule has 10 heavy (non-hydrogen) atoms. The molecule has 0 aliphatic rings. The Hall–Kier alpha value is -0.890. The third kappa shape index (κ3) is 1.54. The lowest BCUT2D eigenvalue weighted by atomic mass is 10.2. The summed E-state index contributed by atoms with van der Waals surface area (Å²) in [4.78, 5) is 0. The Labute approximate surface area is 59.9 Å². The summed E-state index contributed by atoms with van der Waals surface area (Å²) in [6.45, 7) is 0. The molecular formula is C8H9FN. The van der Waals surface area contributed by atoms with E-state index in [0.717, 1.165) is 0 Å². The summed E-state index contributed by atoms with van der Waals surface area (Å²) in [6.07, 6.45) is -1.17. The van der Waals surface area contributed by atoms with Crippen LogP contribution in [0.3, 0.4) is 0 Å². The van der Waals surface area contributed by atoms with E-state index >= 15 is 0 Å². The molecule has 1 nitrogen and oxygen atoms in total. The zero-order valence-electron chi connectivity index (χ0n) is 5.79. The summed E-state index contributed by atoms with van der Waals surface area (Å²) < 4.78 is 12.7. The molecule has 1 radical (unpaired) electrons. The molecule has 1 aromatic carbocycles. The van der Waals surface area contributed by atoms with Crippen molar-refractivity contribution in [3.05, 3.63) is 35.9 Å². The second kappa shape index (κ2) is 3.32. The van der Waals surface area contributed by atoms with Gasteiger partial charge in [0.15, 0.2) is 6.30 Å². The van der Waals surface area contributed by atoms with Gasteiger partial charge >= 0.3 is 0 Å². The SMILES string of the molecule is C[N]C(F)c1ccccc1. The normalized spacial score (nSPS) is 13.0. The Kier molecular flexibility index (Phi) is 2.40. The molecule has 0 heterocycles. The molecular weight excluding hydrogens is 129 g/mol. The second-order valence-corrected chi connectivity index (χ2v) is 2.00. The number of hydrogen-bond donors (Lipinski definition) is 0. The molecule has 0 bridgehead atoms. The fourth-order valence-electron chi connectivity index (χ4n) is 0.761. The van der Waals surface area contributed by atoms with Crippen LogP contribution in [0.2, 0.25) is 0 Å². The van der Waals surface area contributed by atoms with Gasteiger partial charge in [-0.05, 0) is 0 Å². The van der Waals surface area contributed by atoms with E-state index in [1.165, 1.54) is 7.05 Å². The Morgan fingerprint density at radius 3 is 2.40 bits per heavy atom. The van der Waals surface area contributed by atoms with Crippen molar-refractivity contribution in [2.45, 2.75) is 6.30 Å². The summed E-state index contributed by atoms with van der Waals surface area (Å²) in [5, 5.41) is 3.49. The average molecular weight is 138 g/mol. The van der Waals surface area contributed by atoms with Crippen LogP contribution in [-0.2, 0) is 0 Å². The predicted molar refractivity (Wildman–Crippen MR) is 38.3 cm³/mol. The van der Waals surface area contributed by atoms with Crippen LogP contribution in [-0.4, -0.2) is 7.05 Å². The van der Waals surface area contributed by atoms with E-state index in [2.05, 4.69) is 5.32 Å². The maximum absolute atomic E-state index is 12.7. The number of hydrogen-bond acceptors (Lipinski definition) is 0. The molecule has 0 saturated heterocycles. The van der Waals surface area contributed by atoms with Crippen LogP contribution < -0.4 is 5.32 Å². The molecule has 0 aliphatic carbocycles. The molecule has 0 fully saturated rings. The van der Waals surface area contributed by atoms with E-state index in [1.807, 2.05) is 6.07 Å². The quantitative estimate of drug-likeness (QED) is 0.554. The van der Waals surface area contributed by atoms with Gasteiger partial charge in [0.05, 0.1) is 0 Å². The highest BCUT2D eigenvalue weighted by molar-refractivity contribution is 5.16. The van der Waals surface area contributed by atoms with Crippen LogP contribution in [0.25, 0.3) is 0 Å². The Morgan fingerprint density at radius 2 is 1.90 bits per heavy atom. The van der Waals surface area contributed by atoms with Gasteiger partial charge in [-0.3, -0.25) is 0 Å². The fourth-order valence-corrected chi connectivity index (χ4v) is 0.761. The van der Waals surface area contributed by atoms with Crippen molar-refractivity contribution in [2.75, 3.05) is 7.05 Å². The monoisotopic (exact) mass is 138 g/mol. The van der Waals surface area contributed by atoms with Gasteiger partial charge in [-0.15, -0.1) is 0 Å². The largest absolute Gasteiger partial charge is 0.223 e. The Balaban J connectivity index is 2.75. The number of nitrogens with zero attached hydrogens (tertiary/aromatic N) is 1. The second-order valence-electron chi connectivity index (χ2n) is 2.00. The summed E-state index contributed by atoms with van der Waals surface area (Å²) in [5.41, 5.74) is 0.616. The van der Waals surface area contributed by atoms with Gasteiger partial charge in [-0.1, -0.05) is 30.3 Å². The molecule has 1 rings (SSSR count). The van der Waals surface area contributed by atoms with Crippen molar-refractivity contribution in [1.29, 1.82) is 0 Å². The maximum Gasteiger partial charge on any atom is 0.191 e. The lowest BCUT2D eigenvalue weighted by Crippen LogP contribution is -2.02. The van der Waals surface area contributed by atoms with Gasteiger partial charge < -0.3 is 0 Å².